The third-order valence-electron chi connectivity index (χ3n) is 1.86. The van der Waals surface area contributed by atoms with Gasteiger partial charge in [-0.05, 0) is 13.8 Å². The lowest BCUT2D eigenvalue weighted by atomic mass is 10.2. The van der Waals surface area contributed by atoms with E-state index in [1.807, 2.05) is 20.1 Å². The van der Waals surface area contributed by atoms with Crippen LogP contribution in [0.5, 0.6) is 0 Å². The molecule has 0 aromatic rings. The second kappa shape index (κ2) is 5.81. The van der Waals surface area contributed by atoms with Crippen molar-refractivity contribution in [2.45, 2.75) is 27.7 Å². The van der Waals surface area contributed by atoms with Crippen LogP contribution in [0, 0.1) is 5.92 Å². The van der Waals surface area contributed by atoms with Crippen LogP contribution in [0.1, 0.15) is 27.7 Å². The summed E-state index contributed by atoms with van der Waals surface area (Å²) in [4.78, 5) is 0. The maximum atomic E-state index is 9.37. The molecular formula is C10H20NO+. The van der Waals surface area contributed by atoms with Crippen molar-refractivity contribution in [3.63, 3.8) is 0 Å². The normalized spacial score (nSPS) is 11.9. The smallest absolute Gasteiger partial charge is 0.166 e. The molecule has 0 atom stereocenters. The number of aliphatic hydroxyl groups excluding tert-OH is 1. The highest BCUT2D eigenvalue weighted by atomic mass is 16.3. The van der Waals surface area contributed by atoms with Gasteiger partial charge in [-0.25, -0.2) is 4.58 Å². The van der Waals surface area contributed by atoms with Gasteiger partial charge in [-0.1, -0.05) is 13.8 Å². The van der Waals surface area contributed by atoms with E-state index in [0.717, 1.165) is 13.1 Å². The Bertz CT molecular complexity index is 168. The summed E-state index contributed by atoms with van der Waals surface area (Å²) in [7, 11) is 0. The first-order valence-electron chi connectivity index (χ1n) is 4.59. The van der Waals surface area contributed by atoms with E-state index in [1.54, 1.807) is 6.08 Å². The van der Waals surface area contributed by atoms with E-state index in [4.69, 9.17) is 0 Å². The van der Waals surface area contributed by atoms with Gasteiger partial charge < -0.3 is 5.11 Å². The van der Waals surface area contributed by atoms with Crippen LogP contribution in [-0.2, 0) is 0 Å². The molecule has 0 rings (SSSR count). The first-order chi connectivity index (χ1) is 5.61. The second-order valence-corrected chi connectivity index (χ2v) is 3.12. The Balaban J connectivity index is 4.24. The number of allylic oxidation sites excluding steroid dienone is 2. The maximum Gasteiger partial charge on any atom is 0.166 e. The molecular weight excluding hydrogens is 150 g/mol. The Hall–Kier alpha value is -0.790. The predicted molar refractivity (Wildman–Crippen MR) is 53.0 cm³/mol. The lowest BCUT2D eigenvalue weighted by molar-refractivity contribution is -0.515. The number of rotatable bonds is 4. The molecule has 0 aromatic heterocycles. The van der Waals surface area contributed by atoms with Crippen LogP contribution in [0.2, 0.25) is 0 Å². The van der Waals surface area contributed by atoms with E-state index in [1.165, 1.54) is 0 Å². The van der Waals surface area contributed by atoms with Crippen molar-refractivity contribution >= 4 is 6.21 Å². The number of hydrogen-bond donors (Lipinski definition) is 1. The predicted octanol–water partition coefficient (Wildman–Crippen LogP) is 2.21. The third kappa shape index (κ3) is 4.16. The topological polar surface area (TPSA) is 23.2 Å². The quantitative estimate of drug-likeness (QED) is 0.390. The molecule has 0 amide bonds. The SMILES string of the molecule is CC[N+](=C/C=C(\O)C(C)C)CC. The van der Waals surface area contributed by atoms with Gasteiger partial charge in [0, 0.05) is 12.0 Å². The molecule has 0 bridgehead atoms. The first kappa shape index (κ1) is 11.2. The monoisotopic (exact) mass is 170 g/mol. The fourth-order valence-electron chi connectivity index (χ4n) is 0.809. The first-order valence-corrected chi connectivity index (χ1v) is 4.59. The van der Waals surface area contributed by atoms with E-state index in [9.17, 15) is 5.11 Å². The summed E-state index contributed by atoms with van der Waals surface area (Å²) in [5, 5.41) is 9.37. The van der Waals surface area contributed by atoms with Gasteiger partial charge in [0.25, 0.3) is 0 Å². The Kier molecular flexibility index (Phi) is 5.43. The van der Waals surface area contributed by atoms with Crippen LogP contribution < -0.4 is 0 Å². The molecule has 12 heavy (non-hydrogen) atoms. The highest BCUT2D eigenvalue weighted by molar-refractivity contribution is 5.66. The molecule has 2 nitrogen and oxygen atoms in total. The third-order valence-corrected chi connectivity index (χ3v) is 1.86. The Morgan fingerprint density at radius 3 is 2.17 bits per heavy atom. The van der Waals surface area contributed by atoms with E-state index in [2.05, 4.69) is 18.4 Å². The molecule has 0 spiro atoms. The largest absolute Gasteiger partial charge is 0.512 e. The van der Waals surface area contributed by atoms with E-state index >= 15 is 0 Å². The fraction of sp³-hybridized carbons (Fsp3) is 0.700. The summed E-state index contributed by atoms with van der Waals surface area (Å²) in [6, 6.07) is 0. The van der Waals surface area contributed by atoms with E-state index < -0.39 is 0 Å². The zero-order valence-electron chi connectivity index (χ0n) is 8.54. The standard InChI is InChI=1S/C10H19NO/c1-5-11(6-2)8-7-10(12)9(3)4/h7-9H,5-6H2,1-4H3/p+1. The lowest BCUT2D eigenvalue weighted by Gasteiger charge is -2.00. The van der Waals surface area contributed by atoms with Gasteiger partial charge in [0.2, 0.25) is 0 Å². The van der Waals surface area contributed by atoms with Crippen molar-refractivity contribution in [1.29, 1.82) is 0 Å². The summed E-state index contributed by atoms with van der Waals surface area (Å²) in [6.07, 6.45) is 3.72. The van der Waals surface area contributed by atoms with Crippen LogP contribution >= 0.6 is 0 Å². The van der Waals surface area contributed by atoms with Crippen molar-refractivity contribution in [3.8, 4) is 0 Å². The van der Waals surface area contributed by atoms with Crippen molar-refractivity contribution in [2.75, 3.05) is 13.1 Å². The molecule has 0 aliphatic rings. The molecule has 0 radical (unpaired) electrons. The van der Waals surface area contributed by atoms with Crippen LogP contribution in [0.25, 0.3) is 0 Å². The van der Waals surface area contributed by atoms with Gasteiger partial charge >= 0.3 is 0 Å². The summed E-state index contributed by atoms with van der Waals surface area (Å²) in [5.41, 5.74) is 0. The molecule has 70 valence electrons. The Morgan fingerprint density at radius 2 is 1.83 bits per heavy atom. The minimum absolute atomic E-state index is 0.219. The second-order valence-electron chi connectivity index (χ2n) is 3.12. The zero-order chi connectivity index (χ0) is 9.56. The minimum atomic E-state index is 0.219. The molecule has 0 aliphatic heterocycles. The summed E-state index contributed by atoms with van der Waals surface area (Å²) < 4.78 is 2.14. The average Bonchev–Trinajstić information content (AvgIpc) is 2.05. The molecule has 0 fully saturated rings. The molecule has 1 N–H and O–H groups in total. The molecule has 2 heteroatoms. The van der Waals surface area contributed by atoms with Crippen molar-refractivity contribution in [1.82, 2.24) is 0 Å². The molecule has 0 unspecified atom stereocenters. The van der Waals surface area contributed by atoms with Crippen LogP contribution in [-0.4, -0.2) is 29.0 Å². The maximum absolute atomic E-state index is 9.37. The highest BCUT2D eigenvalue weighted by Crippen LogP contribution is 2.02. The average molecular weight is 170 g/mol. The molecule has 0 saturated carbocycles. The summed E-state index contributed by atoms with van der Waals surface area (Å²) in [5.74, 6) is 0.665. The molecule has 0 heterocycles. The number of aliphatic hydroxyl groups is 1. The lowest BCUT2D eigenvalue weighted by Crippen LogP contribution is -2.11. The molecule has 0 saturated heterocycles. The molecule has 0 aromatic carbocycles. The van der Waals surface area contributed by atoms with E-state index in [-0.39, 0.29) is 5.92 Å². The number of nitrogens with zero attached hydrogens (tertiary/aromatic N) is 1. The van der Waals surface area contributed by atoms with Crippen molar-refractivity contribution in [2.24, 2.45) is 5.92 Å². The highest BCUT2D eigenvalue weighted by Gasteiger charge is 1.99. The van der Waals surface area contributed by atoms with Gasteiger partial charge in [-0.15, -0.1) is 0 Å². The Morgan fingerprint density at radius 1 is 1.33 bits per heavy atom. The van der Waals surface area contributed by atoms with Crippen molar-refractivity contribution < 1.29 is 9.68 Å². The van der Waals surface area contributed by atoms with Crippen LogP contribution in [0.4, 0.5) is 0 Å². The summed E-state index contributed by atoms with van der Waals surface area (Å²) in [6.45, 7) is 10.1. The summed E-state index contributed by atoms with van der Waals surface area (Å²) >= 11 is 0. The van der Waals surface area contributed by atoms with Crippen LogP contribution in [0.3, 0.4) is 0 Å². The zero-order valence-corrected chi connectivity index (χ0v) is 8.54. The fourth-order valence-corrected chi connectivity index (χ4v) is 0.809. The van der Waals surface area contributed by atoms with Crippen molar-refractivity contribution in [3.05, 3.63) is 11.8 Å². The van der Waals surface area contributed by atoms with Gasteiger partial charge in [0.1, 0.15) is 18.8 Å². The van der Waals surface area contributed by atoms with E-state index in [0.29, 0.717) is 5.76 Å². The Labute approximate surface area is 75.2 Å². The van der Waals surface area contributed by atoms with Gasteiger partial charge in [-0.2, -0.15) is 0 Å². The molecule has 0 aliphatic carbocycles. The van der Waals surface area contributed by atoms with Crippen LogP contribution in [0.15, 0.2) is 11.8 Å². The van der Waals surface area contributed by atoms with Gasteiger partial charge in [-0.3, -0.25) is 0 Å². The van der Waals surface area contributed by atoms with Gasteiger partial charge in [0.05, 0.1) is 0 Å². The number of hydrogen-bond acceptors (Lipinski definition) is 1. The van der Waals surface area contributed by atoms with Gasteiger partial charge in [0.15, 0.2) is 6.21 Å². The minimum Gasteiger partial charge on any atom is -0.512 e.